The second-order valence-corrected chi connectivity index (χ2v) is 16.2. The Labute approximate surface area is 166 Å². The Balaban J connectivity index is 1.99. The molecule has 27 heavy (non-hydrogen) atoms. The second kappa shape index (κ2) is 5.94. The number of aromatic nitrogens is 2. The van der Waals surface area contributed by atoms with Crippen molar-refractivity contribution in [3.8, 4) is 0 Å². The van der Waals surface area contributed by atoms with Crippen LogP contribution in [0.2, 0.25) is 18.1 Å². The highest BCUT2D eigenvalue weighted by molar-refractivity contribution is 6.74. The van der Waals surface area contributed by atoms with E-state index < -0.39 is 15.4 Å². The molecule has 5 nitrogen and oxygen atoms in total. The third-order valence-corrected chi connectivity index (χ3v) is 11.6. The molecule has 1 aromatic heterocycles. The highest BCUT2D eigenvalue weighted by Gasteiger charge is 2.55. The summed E-state index contributed by atoms with van der Waals surface area (Å²) in [7, 11) is -2.35. The highest BCUT2D eigenvalue weighted by Crippen LogP contribution is 2.49. The maximum atomic E-state index is 6.93. The van der Waals surface area contributed by atoms with Crippen molar-refractivity contribution in [1.82, 2.24) is 9.78 Å². The van der Waals surface area contributed by atoms with Gasteiger partial charge in [0.2, 0.25) is 0 Å². The fraction of sp³-hybridized carbons (Fsp3) is 0.850. The van der Waals surface area contributed by atoms with Gasteiger partial charge in [0.1, 0.15) is 0 Å². The summed E-state index contributed by atoms with van der Waals surface area (Å²) in [6.07, 6.45) is 1.91. The molecule has 3 rings (SSSR count). The van der Waals surface area contributed by atoms with Crippen LogP contribution in [0.15, 0.2) is 6.20 Å². The van der Waals surface area contributed by atoms with E-state index in [1.165, 1.54) is 0 Å². The van der Waals surface area contributed by atoms with Gasteiger partial charge in [0.05, 0.1) is 23.0 Å². The van der Waals surface area contributed by atoms with Crippen molar-refractivity contribution in [1.29, 1.82) is 0 Å². The normalized spacial score (nSPS) is 26.5. The van der Waals surface area contributed by atoms with Gasteiger partial charge < -0.3 is 13.7 Å². The molecule has 0 spiro atoms. The van der Waals surface area contributed by atoms with E-state index in [9.17, 15) is 0 Å². The van der Waals surface area contributed by atoms with Gasteiger partial charge in [-0.25, -0.2) is 0 Å². The minimum absolute atomic E-state index is 0.00471. The topological polar surface area (TPSA) is 45.5 Å². The van der Waals surface area contributed by atoms with Crippen LogP contribution >= 0.6 is 0 Å². The lowest BCUT2D eigenvalue weighted by molar-refractivity contribution is 0.00578. The van der Waals surface area contributed by atoms with Crippen LogP contribution in [0.1, 0.15) is 74.1 Å². The van der Waals surface area contributed by atoms with Crippen LogP contribution in [0.4, 0.5) is 0 Å². The van der Waals surface area contributed by atoms with Gasteiger partial charge in [-0.2, -0.15) is 5.10 Å². The quantitative estimate of drug-likeness (QED) is 0.720. The first-order valence-corrected chi connectivity index (χ1v) is 13.0. The fourth-order valence-corrected chi connectivity index (χ4v) is 4.87. The van der Waals surface area contributed by atoms with Crippen LogP contribution in [-0.4, -0.2) is 36.4 Å². The van der Waals surface area contributed by atoms with Crippen LogP contribution in [0.5, 0.6) is 0 Å². The van der Waals surface area contributed by atoms with Gasteiger partial charge >= 0.3 is 7.12 Å². The van der Waals surface area contributed by atoms with Crippen LogP contribution in [0, 0.1) is 5.41 Å². The van der Waals surface area contributed by atoms with Crippen LogP contribution < -0.4 is 5.46 Å². The zero-order chi connectivity index (χ0) is 20.6. The Morgan fingerprint density at radius 3 is 2.11 bits per heavy atom. The fourth-order valence-electron chi connectivity index (χ4n) is 3.50. The molecular formula is C20H37BN2O3Si-. The third-order valence-electron chi connectivity index (χ3n) is 7.15. The van der Waals surface area contributed by atoms with Crippen molar-refractivity contribution in [3.63, 3.8) is 0 Å². The molecule has 153 valence electrons. The first-order valence-electron chi connectivity index (χ1n) is 10.1. The minimum atomic E-state index is -1.94. The zero-order valence-electron chi connectivity index (χ0n) is 19.1. The lowest BCUT2D eigenvalue weighted by Gasteiger charge is -2.52. The van der Waals surface area contributed by atoms with Crippen molar-refractivity contribution in [2.75, 3.05) is 0 Å². The molecule has 2 aliphatic rings. The van der Waals surface area contributed by atoms with Gasteiger partial charge in [0, 0.05) is 23.6 Å². The minimum Gasteiger partial charge on any atom is -0.557 e. The average molecular weight is 392 g/mol. The largest absolute Gasteiger partial charge is 0.557 e. The summed E-state index contributed by atoms with van der Waals surface area (Å²) < 4.78 is 21.7. The molecule has 3 heterocycles. The van der Waals surface area contributed by atoms with Gasteiger partial charge in [0.25, 0.3) is 0 Å². The summed E-state index contributed by atoms with van der Waals surface area (Å²) in [6.45, 7) is 25.2. The molecule has 0 aliphatic carbocycles. The molecule has 0 radical (unpaired) electrons. The standard InChI is InChI=1S/C20H37BN2O3Si/c1-17(2,3)27(10,11)24-16-15-14(12-22-23(15)13-18(16,4)5)21-25-19(6,7)20(8,9)26-21/h12,16H,13H2,1-11H3/q-1. The number of rotatable bonds is 3. The number of fused-ring (bicyclic) bond motifs is 1. The lowest BCUT2D eigenvalue weighted by Crippen LogP contribution is -2.45. The second-order valence-electron chi connectivity index (χ2n) is 11.5. The molecule has 0 saturated carbocycles. The van der Waals surface area contributed by atoms with E-state index in [-0.39, 0.29) is 27.8 Å². The van der Waals surface area contributed by atoms with E-state index in [2.05, 4.69) is 85.2 Å². The number of hydrogen-bond donors (Lipinski definition) is 0. The van der Waals surface area contributed by atoms with Gasteiger partial charge in [-0.3, -0.25) is 4.68 Å². The Bertz CT molecular complexity index is 718. The maximum absolute atomic E-state index is 6.93. The van der Waals surface area contributed by atoms with Crippen LogP contribution in [0.3, 0.4) is 0 Å². The molecular weight excluding hydrogens is 355 g/mol. The molecule has 1 fully saturated rings. The first kappa shape index (κ1) is 21.1. The summed E-state index contributed by atoms with van der Waals surface area (Å²) in [5.41, 5.74) is 1.40. The summed E-state index contributed by atoms with van der Waals surface area (Å²) in [5, 5.41) is 4.82. The molecule has 7 heteroatoms. The van der Waals surface area contributed by atoms with Crippen LogP contribution in [-0.2, 0) is 20.3 Å². The van der Waals surface area contributed by atoms with Gasteiger partial charge in [-0.05, 0) is 36.0 Å². The Morgan fingerprint density at radius 2 is 1.63 bits per heavy atom. The Kier molecular flexibility index (Phi) is 4.64. The predicted molar refractivity (Wildman–Crippen MR) is 113 cm³/mol. The molecule has 0 aromatic carbocycles. The van der Waals surface area contributed by atoms with Gasteiger partial charge in [-0.1, -0.05) is 34.6 Å². The van der Waals surface area contributed by atoms with Crippen molar-refractivity contribution >= 4 is 20.9 Å². The van der Waals surface area contributed by atoms with E-state index in [1.807, 2.05) is 6.20 Å². The Hall–Kier alpha value is -0.628. The smallest absolute Gasteiger partial charge is 0.498 e. The summed E-state index contributed by atoms with van der Waals surface area (Å²) in [6, 6.07) is 0. The first-order chi connectivity index (χ1) is 12.0. The van der Waals surface area contributed by atoms with E-state index in [4.69, 9.17) is 13.7 Å². The van der Waals surface area contributed by atoms with E-state index in [1.54, 1.807) is 0 Å². The molecule has 0 N–H and O–H groups in total. The van der Waals surface area contributed by atoms with Crippen molar-refractivity contribution in [2.24, 2.45) is 5.41 Å². The number of nitrogens with zero attached hydrogens (tertiary/aromatic N) is 2. The maximum Gasteiger partial charge on any atom is 0.498 e. The molecule has 1 aromatic rings. The predicted octanol–water partition coefficient (Wildman–Crippen LogP) is 4.29. The summed E-state index contributed by atoms with van der Waals surface area (Å²) >= 11 is 0. The monoisotopic (exact) mass is 392 g/mol. The summed E-state index contributed by atoms with van der Waals surface area (Å²) in [5.74, 6) is 0. The molecule has 2 aliphatic heterocycles. The molecule has 0 bridgehead atoms. The molecule has 0 amide bonds. The molecule has 1 saturated heterocycles. The Morgan fingerprint density at radius 1 is 1.11 bits per heavy atom. The van der Waals surface area contributed by atoms with Crippen molar-refractivity contribution in [3.05, 3.63) is 11.9 Å². The molecule has 1 atom stereocenters. The average Bonchev–Trinajstić information content (AvgIpc) is 3.00. The lowest BCUT2D eigenvalue weighted by atomic mass is 9.76. The van der Waals surface area contributed by atoms with Crippen molar-refractivity contribution < 1.29 is 13.7 Å². The van der Waals surface area contributed by atoms with E-state index in [0.717, 1.165) is 17.7 Å². The SMILES string of the molecule is CC1(C)Cn2ncc(B3OC(C)(C)C(C)(C)O3)c2C1O[Si-](C)(C)C(C)(C)C. The number of hydrogen-bond acceptors (Lipinski definition) is 4. The van der Waals surface area contributed by atoms with Crippen molar-refractivity contribution in [2.45, 2.75) is 104 Å². The van der Waals surface area contributed by atoms with Gasteiger partial charge in [0.15, 0.2) is 0 Å². The third kappa shape index (κ3) is 3.34. The zero-order valence-corrected chi connectivity index (χ0v) is 20.1. The molecule has 1 unspecified atom stereocenters. The van der Waals surface area contributed by atoms with Gasteiger partial charge in [-0.15, -0.1) is 18.1 Å². The summed E-state index contributed by atoms with van der Waals surface area (Å²) in [4.78, 5) is 0. The highest BCUT2D eigenvalue weighted by atomic mass is 28.4. The van der Waals surface area contributed by atoms with E-state index in [0.29, 0.717) is 0 Å². The van der Waals surface area contributed by atoms with E-state index >= 15 is 0 Å². The van der Waals surface area contributed by atoms with Crippen LogP contribution in [0.25, 0.3) is 0 Å².